The van der Waals surface area contributed by atoms with Gasteiger partial charge in [0.15, 0.2) is 4.34 Å². The maximum absolute atomic E-state index is 5.61. The van der Waals surface area contributed by atoms with Gasteiger partial charge in [0.05, 0.1) is 6.10 Å². The summed E-state index contributed by atoms with van der Waals surface area (Å²) in [6.45, 7) is 1.82. The normalized spacial score (nSPS) is 18.5. The van der Waals surface area contributed by atoms with Gasteiger partial charge in [-0.15, -0.1) is 21.5 Å². The Morgan fingerprint density at radius 1 is 1.45 bits per heavy atom. The number of anilines is 1. The monoisotopic (exact) mass is 327 g/mol. The predicted octanol–water partition coefficient (Wildman–Crippen LogP) is 3.53. The van der Waals surface area contributed by atoms with Crippen molar-refractivity contribution in [2.45, 2.75) is 29.7 Å². The summed E-state index contributed by atoms with van der Waals surface area (Å²) in [6, 6.07) is 4.25. The van der Waals surface area contributed by atoms with Gasteiger partial charge in [0.1, 0.15) is 0 Å². The Morgan fingerprint density at radius 3 is 3.25 bits per heavy atom. The van der Waals surface area contributed by atoms with E-state index < -0.39 is 0 Å². The lowest BCUT2D eigenvalue weighted by molar-refractivity contribution is 0.129. The zero-order valence-corrected chi connectivity index (χ0v) is 13.5. The van der Waals surface area contributed by atoms with Crippen molar-refractivity contribution in [2.24, 2.45) is 0 Å². The molecular weight excluding hydrogens is 310 g/mol. The highest BCUT2D eigenvalue weighted by atomic mass is 32.2. The maximum atomic E-state index is 5.61. The maximum Gasteiger partial charge on any atom is 0.206 e. The van der Waals surface area contributed by atoms with E-state index >= 15 is 0 Å². The van der Waals surface area contributed by atoms with E-state index in [4.69, 9.17) is 4.74 Å². The molecule has 0 aromatic carbocycles. The van der Waals surface area contributed by atoms with E-state index in [9.17, 15) is 0 Å². The summed E-state index contributed by atoms with van der Waals surface area (Å²) in [5.41, 5.74) is 0. The van der Waals surface area contributed by atoms with Crippen molar-refractivity contribution in [1.29, 1.82) is 0 Å². The summed E-state index contributed by atoms with van der Waals surface area (Å²) >= 11 is 5.18. The van der Waals surface area contributed by atoms with E-state index in [-0.39, 0.29) is 0 Å². The van der Waals surface area contributed by atoms with Crippen molar-refractivity contribution in [2.75, 3.05) is 24.2 Å². The molecule has 108 valence electrons. The lowest BCUT2D eigenvalue weighted by Crippen LogP contribution is -2.07. The minimum Gasteiger partial charge on any atom is -0.377 e. The molecule has 1 atom stereocenters. The number of hydrogen-bond donors (Lipinski definition) is 1. The third-order valence-corrected chi connectivity index (χ3v) is 6.13. The third-order valence-electron chi connectivity index (χ3n) is 3.05. The summed E-state index contributed by atoms with van der Waals surface area (Å²) in [4.78, 5) is 1.40. The van der Waals surface area contributed by atoms with Gasteiger partial charge in [0.2, 0.25) is 5.13 Å². The van der Waals surface area contributed by atoms with E-state index in [0.29, 0.717) is 6.10 Å². The molecule has 7 heteroatoms. The predicted molar refractivity (Wildman–Crippen MR) is 86.1 cm³/mol. The molecule has 4 nitrogen and oxygen atoms in total. The van der Waals surface area contributed by atoms with E-state index in [1.54, 1.807) is 34.4 Å². The van der Waals surface area contributed by atoms with Crippen LogP contribution < -0.4 is 5.32 Å². The van der Waals surface area contributed by atoms with Crippen LogP contribution in [0.25, 0.3) is 0 Å². The number of hydrogen-bond acceptors (Lipinski definition) is 7. The minimum absolute atomic E-state index is 0.402. The quantitative estimate of drug-likeness (QED) is 0.788. The van der Waals surface area contributed by atoms with Crippen LogP contribution in [0.15, 0.2) is 21.9 Å². The van der Waals surface area contributed by atoms with Crippen LogP contribution in [0.3, 0.4) is 0 Å². The number of nitrogens with one attached hydrogen (secondary N) is 1. The second-order valence-electron chi connectivity index (χ2n) is 4.58. The summed E-state index contributed by atoms with van der Waals surface area (Å²) in [5.74, 6) is 0.990. The van der Waals surface area contributed by atoms with Crippen molar-refractivity contribution < 1.29 is 4.74 Å². The molecule has 0 bridgehead atoms. The smallest absolute Gasteiger partial charge is 0.206 e. The average Bonchev–Trinajstić information content (AvgIpc) is 3.20. The largest absolute Gasteiger partial charge is 0.377 e. The van der Waals surface area contributed by atoms with Crippen LogP contribution in [0.5, 0.6) is 0 Å². The molecule has 1 aliphatic heterocycles. The molecule has 1 fully saturated rings. The van der Waals surface area contributed by atoms with Gasteiger partial charge in [-0.05, 0) is 30.7 Å². The van der Waals surface area contributed by atoms with Crippen molar-refractivity contribution in [3.05, 3.63) is 22.4 Å². The Morgan fingerprint density at radius 2 is 2.45 bits per heavy atom. The van der Waals surface area contributed by atoms with Gasteiger partial charge in [-0.2, -0.15) is 0 Å². The van der Waals surface area contributed by atoms with E-state index in [0.717, 1.165) is 34.8 Å². The first-order valence-electron chi connectivity index (χ1n) is 6.74. The van der Waals surface area contributed by atoms with E-state index in [1.165, 1.54) is 17.7 Å². The molecule has 0 amide bonds. The van der Waals surface area contributed by atoms with Crippen molar-refractivity contribution in [3.63, 3.8) is 0 Å². The third kappa shape index (κ3) is 4.18. The molecule has 1 aliphatic rings. The van der Waals surface area contributed by atoms with Crippen LogP contribution in [0.1, 0.15) is 17.7 Å². The van der Waals surface area contributed by atoms with Crippen LogP contribution in [0.2, 0.25) is 0 Å². The Bertz CT molecular complexity index is 509. The molecule has 3 rings (SSSR count). The first-order chi connectivity index (χ1) is 9.90. The number of ether oxygens (including phenoxy) is 1. The summed E-state index contributed by atoms with van der Waals surface area (Å²) < 4.78 is 6.64. The number of nitrogens with zero attached hydrogens (tertiary/aromatic N) is 2. The molecule has 0 saturated carbocycles. The standard InChI is InChI=1S/C13H17N3OS3/c1-3-10(17-7-1)9-19-13-16-15-12(20-13)14-6-5-11-4-2-8-18-11/h2,4,8,10H,1,3,5-7,9H2,(H,14,15). The molecule has 2 aromatic rings. The fourth-order valence-corrected chi connectivity index (χ4v) is 4.61. The molecule has 1 saturated heterocycles. The number of thioether (sulfide) groups is 1. The Hall–Kier alpha value is -0.630. The first-order valence-corrected chi connectivity index (χ1v) is 9.42. The Kier molecular flexibility index (Phi) is 5.30. The summed E-state index contributed by atoms with van der Waals surface area (Å²) in [6.07, 6.45) is 3.81. The molecule has 0 spiro atoms. The zero-order chi connectivity index (χ0) is 13.6. The molecule has 3 heterocycles. The molecular formula is C13H17N3OS3. The molecule has 0 radical (unpaired) electrons. The van der Waals surface area contributed by atoms with E-state index in [2.05, 4.69) is 33.0 Å². The fraction of sp³-hybridized carbons (Fsp3) is 0.538. The van der Waals surface area contributed by atoms with Gasteiger partial charge in [-0.25, -0.2) is 0 Å². The van der Waals surface area contributed by atoms with Crippen LogP contribution in [-0.2, 0) is 11.2 Å². The highest BCUT2D eigenvalue weighted by molar-refractivity contribution is 8.01. The highest BCUT2D eigenvalue weighted by Gasteiger charge is 2.16. The van der Waals surface area contributed by atoms with Gasteiger partial charge >= 0.3 is 0 Å². The SMILES string of the molecule is c1csc(CCNc2nnc(SCC3CCCO3)s2)c1. The van der Waals surface area contributed by atoms with Gasteiger partial charge in [0, 0.05) is 23.8 Å². The van der Waals surface area contributed by atoms with Crippen molar-refractivity contribution >= 4 is 39.6 Å². The van der Waals surface area contributed by atoms with Gasteiger partial charge < -0.3 is 10.1 Å². The summed E-state index contributed by atoms with van der Waals surface area (Å²) in [7, 11) is 0. The number of aromatic nitrogens is 2. The average molecular weight is 328 g/mol. The first kappa shape index (κ1) is 14.3. The van der Waals surface area contributed by atoms with Crippen LogP contribution in [-0.4, -0.2) is 35.2 Å². The summed E-state index contributed by atoms with van der Waals surface area (Å²) in [5, 5.41) is 14.8. The second kappa shape index (κ2) is 7.40. The van der Waals surface area contributed by atoms with Crippen molar-refractivity contribution in [3.8, 4) is 0 Å². The number of rotatable bonds is 7. The van der Waals surface area contributed by atoms with Gasteiger partial charge in [0.25, 0.3) is 0 Å². The molecule has 0 aliphatic carbocycles. The van der Waals surface area contributed by atoms with Gasteiger partial charge in [-0.1, -0.05) is 29.2 Å². The second-order valence-corrected chi connectivity index (χ2v) is 7.85. The van der Waals surface area contributed by atoms with Crippen LogP contribution >= 0.6 is 34.4 Å². The fourth-order valence-electron chi connectivity index (χ4n) is 2.03. The van der Waals surface area contributed by atoms with Crippen LogP contribution in [0, 0.1) is 0 Å². The highest BCUT2D eigenvalue weighted by Crippen LogP contribution is 2.28. The zero-order valence-electron chi connectivity index (χ0n) is 11.1. The van der Waals surface area contributed by atoms with Crippen LogP contribution in [0.4, 0.5) is 5.13 Å². The lowest BCUT2D eigenvalue weighted by Gasteiger charge is -2.05. The minimum atomic E-state index is 0.402. The molecule has 20 heavy (non-hydrogen) atoms. The van der Waals surface area contributed by atoms with E-state index in [1.807, 2.05) is 0 Å². The molecule has 1 unspecified atom stereocenters. The Balaban J connectivity index is 1.39. The molecule has 1 N–H and O–H groups in total. The number of thiophene rings is 1. The van der Waals surface area contributed by atoms with Gasteiger partial charge in [-0.3, -0.25) is 0 Å². The van der Waals surface area contributed by atoms with Crippen molar-refractivity contribution in [1.82, 2.24) is 10.2 Å². The lowest BCUT2D eigenvalue weighted by atomic mass is 10.3. The Labute approximate surface area is 131 Å². The topological polar surface area (TPSA) is 47.0 Å². The molecule has 2 aromatic heterocycles.